The van der Waals surface area contributed by atoms with E-state index in [0.717, 1.165) is 5.56 Å². The Kier molecular flexibility index (Phi) is 5.89. The summed E-state index contributed by atoms with van der Waals surface area (Å²) in [6.45, 7) is 1.85. The third-order valence-electron chi connectivity index (χ3n) is 3.79. The van der Waals surface area contributed by atoms with E-state index in [9.17, 15) is 9.18 Å². The maximum atomic E-state index is 13.6. The largest absolute Gasteiger partial charge is 0.424 e. The van der Waals surface area contributed by atoms with Gasteiger partial charge in [-0.25, -0.2) is 14.4 Å². The molecule has 0 unspecified atom stereocenters. The van der Waals surface area contributed by atoms with Crippen LogP contribution in [0.2, 0.25) is 0 Å². The molecule has 0 fully saturated rings. The number of benzene rings is 2. The standard InChI is InChI=1S/C21H18FN3O2/c1-15(25-20(26)11-10-16-6-2-3-9-19(16)22)17-7-4-8-18(14-17)27-21-23-12-5-13-24-21/h2-15H,1H3,(H,25,26)/b11-10+/t15-/m0/s1. The minimum Gasteiger partial charge on any atom is -0.424 e. The number of aromatic nitrogens is 2. The number of hydrogen-bond donors (Lipinski definition) is 1. The summed E-state index contributed by atoms with van der Waals surface area (Å²) in [5, 5.41) is 2.84. The van der Waals surface area contributed by atoms with Crippen LogP contribution in [0.5, 0.6) is 11.8 Å². The van der Waals surface area contributed by atoms with Gasteiger partial charge in [-0.2, -0.15) is 0 Å². The van der Waals surface area contributed by atoms with Gasteiger partial charge in [0.05, 0.1) is 6.04 Å². The monoisotopic (exact) mass is 363 g/mol. The van der Waals surface area contributed by atoms with Crippen molar-refractivity contribution in [1.82, 2.24) is 15.3 Å². The fourth-order valence-corrected chi connectivity index (χ4v) is 2.41. The summed E-state index contributed by atoms with van der Waals surface area (Å²) < 4.78 is 19.2. The first-order chi connectivity index (χ1) is 13.1. The molecule has 0 saturated carbocycles. The molecule has 0 aliphatic rings. The highest BCUT2D eigenvalue weighted by Crippen LogP contribution is 2.22. The van der Waals surface area contributed by atoms with Gasteiger partial charge in [0.1, 0.15) is 11.6 Å². The second kappa shape index (κ2) is 8.71. The highest BCUT2D eigenvalue weighted by atomic mass is 19.1. The van der Waals surface area contributed by atoms with Crippen molar-refractivity contribution < 1.29 is 13.9 Å². The summed E-state index contributed by atoms with van der Waals surface area (Å²) >= 11 is 0. The summed E-state index contributed by atoms with van der Waals surface area (Å²) in [6.07, 6.45) is 5.95. The van der Waals surface area contributed by atoms with Gasteiger partial charge in [-0.3, -0.25) is 4.79 Å². The molecule has 0 aliphatic carbocycles. The predicted octanol–water partition coefficient (Wildman–Crippen LogP) is 4.30. The average Bonchev–Trinajstić information content (AvgIpc) is 2.68. The summed E-state index contributed by atoms with van der Waals surface area (Å²) in [4.78, 5) is 20.1. The van der Waals surface area contributed by atoms with Crippen LogP contribution < -0.4 is 10.1 Å². The molecule has 3 aromatic rings. The molecule has 136 valence electrons. The van der Waals surface area contributed by atoms with Crippen molar-refractivity contribution in [1.29, 1.82) is 0 Å². The third kappa shape index (κ3) is 5.22. The van der Waals surface area contributed by atoms with Crippen molar-refractivity contribution in [2.75, 3.05) is 0 Å². The van der Waals surface area contributed by atoms with E-state index >= 15 is 0 Å². The average molecular weight is 363 g/mol. The van der Waals surface area contributed by atoms with E-state index in [2.05, 4.69) is 15.3 Å². The molecule has 5 nitrogen and oxygen atoms in total. The molecule has 0 aliphatic heterocycles. The molecule has 0 radical (unpaired) electrons. The van der Waals surface area contributed by atoms with Crippen molar-refractivity contribution in [2.45, 2.75) is 13.0 Å². The van der Waals surface area contributed by atoms with Gasteiger partial charge in [0.25, 0.3) is 0 Å². The smallest absolute Gasteiger partial charge is 0.321 e. The van der Waals surface area contributed by atoms with Crippen molar-refractivity contribution in [3.63, 3.8) is 0 Å². The first-order valence-electron chi connectivity index (χ1n) is 8.40. The number of nitrogens with one attached hydrogen (secondary N) is 1. The lowest BCUT2D eigenvalue weighted by atomic mass is 10.1. The number of ether oxygens (including phenoxy) is 1. The third-order valence-corrected chi connectivity index (χ3v) is 3.79. The van der Waals surface area contributed by atoms with Crippen LogP contribution in [-0.2, 0) is 4.79 Å². The van der Waals surface area contributed by atoms with Crippen molar-refractivity contribution in [2.24, 2.45) is 0 Å². The van der Waals surface area contributed by atoms with E-state index in [0.29, 0.717) is 11.3 Å². The molecule has 1 N–H and O–H groups in total. The van der Waals surface area contributed by atoms with Crippen molar-refractivity contribution >= 4 is 12.0 Å². The summed E-state index contributed by atoms with van der Waals surface area (Å²) in [6, 6.07) is 15.3. The van der Waals surface area contributed by atoms with Crippen molar-refractivity contribution in [3.05, 3.63) is 90.0 Å². The zero-order chi connectivity index (χ0) is 19.1. The summed E-state index contributed by atoms with van der Waals surface area (Å²) in [5.74, 6) is -0.118. The number of nitrogens with zero attached hydrogens (tertiary/aromatic N) is 2. The molecule has 0 spiro atoms. The number of amides is 1. The van der Waals surface area contributed by atoms with Gasteiger partial charge in [-0.05, 0) is 42.8 Å². The summed E-state index contributed by atoms with van der Waals surface area (Å²) in [5.41, 5.74) is 1.22. The Balaban J connectivity index is 1.63. The van der Waals surface area contributed by atoms with Crippen LogP contribution >= 0.6 is 0 Å². The lowest BCUT2D eigenvalue weighted by Crippen LogP contribution is -2.24. The molecule has 2 aromatic carbocycles. The van der Waals surface area contributed by atoms with Gasteiger partial charge >= 0.3 is 6.01 Å². The van der Waals surface area contributed by atoms with Crippen LogP contribution in [0.1, 0.15) is 24.1 Å². The minimum absolute atomic E-state index is 0.249. The van der Waals surface area contributed by atoms with Gasteiger partial charge in [-0.15, -0.1) is 0 Å². The maximum Gasteiger partial charge on any atom is 0.321 e. The summed E-state index contributed by atoms with van der Waals surface area (Å²) in [7, 11) is 0. The van der Waals surface area contributed by atoms with Crippen molar-refractivity contribution in [3.8, 4) is 11.8 Å². The zero-order valence-corrected chi connectivity index (χ0v) is 14.7. The predicted molar refractivity (Wildman–Crippen MR) is 101 cm³/mol. The first kappa shape index (κ1) is 18.3. The molecule has 6 heteroatoms. The lowest BCUT2D eigenvalue weighted by molar-refractivity contribution is -0.117. The number of rotatable bonds is 6. The van der Waals surface area contributed by atoms with Gasteiger partial charge in [0, 0.05) is 24.0 Å². The van der Waals surface area contributed by atoms with E-state index in [4.69, 9.17) is 4.74 Å². The minimum atomic E-state index is -0.373. The Bertz CT molecular complexity index is 945. The zero-order valence-electron chi connectivity index (χ0n) is 14.7. The van der Waals surface area contributed by atoms with Crippen LogP contribution in [0.15, 0.2) is 73.1 Å². The Morgan fingerprint density at radius 2 is 1.89 bits per heavy atom. The van der Waals surface area contributed by atoms with Crippen LogP contribution in [0.3, 0.4) is 0 Å². The topological polar surface area (TPSA) is 64.1 Å². The van der Waals surface area contributed by atoms with Gasteiger partial charge < -0.3 is 10.1 Å². The van der Waals surface area contributed by atoms with Crippen LogP contribution in [0.25, 0.3) is 6.08 Å². The fraction of sp³-hybridized carbons (Fsp3) is 0.0952. The molecule has 1 heterocycles. The molecule has 1 amide bonds. The Morgan fingerprint density at radius 3 is 2.67 bits per heavy atom. The molecule has 27 heavy (non-hydrogen) atoms. The Hall–Kier alpha value is -3.54. The normalized spacial score (nSPS) is 11.9. The number of carbonyl (C=O) groups is 1. The number of carbonyl (C=O) groups excluding carboxylic acids is 1. The molecule has 3 rings (SSSR count). The Morgan fingerprint density at radius 1 is 1.11 bits per heavy atom. The molecule has 1 aromatic heterocycles. The molecule has 0 saturated heterocycles. The second-order valence-corrected chi connectivity index (χ2v) is 5.79. The fourth-order valence-electron chi connectivity index (χ4n) is 2.41. The van der Waals surface area contributed by atoms with Crippen LogP contribution in [0, 0.1) is 5.82 Å². The lowest BCUT2D eigenvalue weighted by Gasteiger charge is -2.14. The van der Waals surface area contributed by atoms with E-state index in [1.165, 1.54) is 18.2 Å². The van der Waals surface area contributed by atoms with Crippen LogP contribution in [-0.4, -0.2) is 15.9 Å². The van der Waals surface area contributed by atoms with E-state index < -0.39 is 0 Å². The molecular formula is C21H18FN3O2. The van der Waals surface area contributed by atoms with Gasteiger partial charge in [0.2, 0.25) is 5.91 Å². The maximum absolute atomic E-state index is 13.6. The van der Waals surface area contributed by atoms with E-state index in [-0.39, 0.29) is 23.8 Å². The van der Waals surface area contributed by atoms with E-state index in [1.54, 1.807) is 42.7 Å². The van der Waals surface area contributed by atoms with E-state index in [1.807, 2.05) is 25.1 Å². The molecular weight excluding hydrogens is 345 g/mol. The highest BCUT2D eigenvalue weighted by Gasteiger charge is 2.09. The number of hydrogen-bond acceptors (Lipinski definition) is 4. The number of halogens is 1. The molecule has 0 bridgehead atoms. The second-order valence-electron chi connectivity index (χ2n) is 5.79. The quantitative estimate of drug-likeness (QED) is 0.663. The van der Waals surface area contributed by atoms with Gasteiger partial charge in [0.15, 0.2) is 0 Å². The molecule has 1 atom stereocenters. The Labute approximate surface area is 156 Å². The van der Waals surface area contributed by atoms with Crippen LogP contribution in [0.4, 0.5) is 4.39 Å². The van der Waals surface area contributed by atoms with Gasteiger partial charge in [-0.1, -0.05) is 30.3 Å². The SMILES string of the molecule is C[C@H](NC(=O)/C=C/c1ccccc1F)c1cccc(Oc2ncccn2)c1. The highest BCUT2D eigenvalue weighted by molar-refractivity contribution is 5.92. The first-order valence-corrected chi connectivity index (χ1v) is 8.40.